The van der Waals surface area contributed by atoms with E-state index in [-0.39, 0.29) is 29.8 Å². The van der Waals surface area contributed by atoms with Gasteiger partial charge in [-0.05, 0) is 68.1 Å². The number of nitrogens with two attached hydrogens (primary N) is 1. The van der Waals surface area contributed by atoms with Gasteiger partial charge in [0.2, 0.25) is 5.91 Å². The number of urea groups is 1. The van der Waals surface area contributed by atoms with E-state index in [4.69, 9.17) is 5.73 Å². The first-order valence-electron chi connectivity index (χ1n) is 10.6. The quantitative estimate of drug-likeness (QED) is 0.574. The van der Waals surface area contributed by atoms with Gasteiger partial charge < -0.3 is 26.6 Å². The second-order valence-electron chi connectivity index (χ2n) is 8.12. The van der Waals surface area contributed by atoms with Gasteiger partial charge >= 0.3 is 6.03 Å². The number of rotatable bonds is 6. The molecule has 1 saturated heterocycles. The molecule has 4 rings (SSSR count). The lowest BCUT2D eigenvalue weighted by molar-refractivity contribution is -0.122. The Kier molecular flexibility index (Phi) is 6.06. The lowest BCUT2D eigenvalue weighted by Gasteiger charge is -2.32. The van der Waals surface area contributed by atoms with E-state index in [9.17, 15) is 14.4 Å². The summed E-state index contributed by atoms with van der Waals surface area (Å²) in [5, 5.41) is 8.50. The van der Waals surface area contributed by atoms with Gasteiger partial charge in [-0.3, -0.25) is 9.59 Å². The summed E-state index contributed by atoms with van der Waals surface area (Å²) in [4.78, 5) is 38.1. The van der Waals surface area contributed by atoms with Crippen LogP contribution in [-0.4, -0.2) is 37.0 Å². The van der Waals surface area contributed by atoms with Gasteiger partial charge in [0.25, 0.3) is 5.91 Å². The van der Waals surface area contributed by atoms with Crippen LogP contribution in [0.3, 0.4) is 0 Å². The molecule has 0 bridgehead atoms. The molecule has 2 aromatic carbocycles. The molecule has 2 fully saturated rings. The van der Waals surface area contributed by atoms with Crippen molar-refractivity contribution in [3.63, 3.8) is 0 Å². The van der Waals surface area contributed by atoms with E-state index in [0.717, 1.165) is 44.5 Å². The van der Waals surface area contributed by atoms with Gasteiger partial charge in [-0.15, -0.1) is 0 Å². The van der Waals surface area contributed by atoms with Crippen molar-refractivity contribution < 1.29 is 14.4 Å². The number of carbonyl (C=O) groups is 3. The topological polar surface area (TPSA) is 117 Å². The average molecular weight is 422 g/mol. The normalized spacial score (nSPS) is 16.5. The molecule has 0 aromatic heterocycles. The molecule has 1 heterocycles. The van der Waals surface area contributed by atoms with Crippen molar-refractivity contribution in [2.45, 2.75) is 31.7 Å². The highest BCUT2D eigenvalue weighted by Gasteiger charge is 2.24. The summed E-state index contributed by atoms with van der Waals surface area (Å²) in [5.74, 6) is -0.512. The number of primary amides is 1. The van der Waals surface area contributed by atoms with Crippen LogP contribution in [0.4, 0.5) is 21.9 Å². The molecule has 8 nitrogen and oxygen atoms in total. The fraction of sp³-hybridized carbons (Fsp3) is 0.348. The van der Waals surface area contributed by atoms with E-state index in [1.54, 1.807) is 24.3 Å². The van der Waals surface area contributed by atoms with E-state index >= 15 is 0 Å². The molecular formula is C23H27N5O3. The van der Waals surface area contributed by atoms with Crippen LogP contribution in [-0.2, 0) is 4.79 Å². The number of piperidine rings is 1. The number of nitrogens with zero attached hydrogens (tertiary/aromatic N) is 1. The first-order chi connectivity index (χ1) is 15.0. The minimum absolute atomic E-state index is 0.0418. The van der Waals surface area contributed by atoms with Crippen LogP contribution in [0.5, 0.6) is 0 Å². The summed E-state index contributed by atoms with van der Waals surface area (Å²) >= 11 is 0. The number of nitrogens with one attached hydrogen (secondary N) is 3. The fourth-order valence-electron chi connectivity index (χ4n) is 3.70. The minimum Gasteiger partial charge on any atom is -0.371 e. The lowest BCUT2D eigenvalue weighted by Crippen LogP contribution is -2.38. The van der Waals surface area contributed by atoms with Crippen LogP contribution in [0.15, 0.2) is 48.5 Å². The molecule has 5 N–H and O–H groups in total. The Morgan fingerprint density at radius 3 is 2.23 bits per heavy atom. The van der Waals surface area contributed by atoms with Gasteiger partial charge in [-0.1, -0.05) is 6.07 Å². The van der Waals surface area contributed by atoms with Crippen molar-refractivity contribution in [2.75, 3.05) is 28.6 Å². The molecule has 162 valence electrons. The zero-order valence-corrected chi connectivity index (χ0v) is 17.3. The molecular weight excluding hydrogens is 394 g/mol. The first-order valence-corrected chi connectivity index (χ1v) is 10.6. The standard InChI is InChI=1S/C23H27N5O3/c24-21(29)15-10-12-28(13-11-15)20-8-6-17(7-9-20)25-22(30)16-2-1-3-19(14-16)27-23(31)26-18-4-5-18/h1-3,6-9,14-15,18H,4-5,10-13H2,(H2,24,29)(H,25,30)(H2,26,27,31). The Labute approximate surface area is 181 Å². The molecule has 0 atom stereocenters. The molecule has 0 spiro atoms. The highest BCUT2D eigenvalue weighted by atomic mass is 16.2. The van der Waals surface area contributed by atoms with E-state index in [1.165, 1.54) is 0 Å². The molecule has 1 aliphatic heterocycles. The second-order valence-corrected chi connectivity index (χ2v) is 8.12. The van der Waals surface area contributed by atoms with Crippen LogP contribution in [0.1, 0.15) is 36.0 Å². The molecule has 2 aliphatic rings. The maximum absolute atomic E-state index is 12.6. The summed E-state index contributed by atoms with van der Waals surface area (Å²) in [6.07, 6.45) is 3.55. The molecule has 2 aromatic rings. The van der Waals surface area contributed by atoms with Gasteiger partial charge in [0.15, 0.2) is 0 Å². The highest BCUT2D eigenvalue weighted by Crippen LogP contribution is 2.25. The number of anilines is 3. The highest BCUT2D eigenvalue weighted by molar-refractivity contribution is 6.05. The van der Waals surface area contributed by atoms with Gasteiger partial charge in [-0.25, -0.2) is 4.79 Å². The number of benzene rings is 2. The fourth-order valence-corrected chi connectivity index (χ4v) is 3.70. The largest absolute Gasteiger partial charge is 0.371 e. The third-order valence-corrected chi connectivity index (χ3v) is 5.68. The Balaban J connectivity index is 1.33. The van der Waals surface area contributed by atoms with Gasteiger partial charge in [-0.2, -0.15) is 0 Å². The second kappa shape index (κ2) is 9.07. The van der Waals surface area contributed by atoms with Crippen LogP contribution >= 0.6 is 0 Å². The van der Waals surface area contributed by atoms with E-state index in [1.807, 2.05) is 24.3 Å². The zero-order chi connectivity index (χ0) is 21.8. The summed E-state index contributed by atoms with van der Waals surface area (Å²) < 4.78 is 0. The molecule has 8 heteroatoms. The van der Waals surface area contributed by atoms with Crippen LogP contribution < -0.4 is 26.6 Å². The Morgan fingerprint density at radius 2 is 1.58 bits per heavy atom. The molecule has 1 aliphatic carbocycles. The summed E-state index contributed by atoms with van der Waals surface area (Å²) in [6.45, 7) is 1.57. The number of hydrogen-bond donors (Lipinski definition) is 4. The monoisotopic (exact) mass is 421 g/mol. The Hall–Kier alpha value is -3.55. The summed E-state index contributed by atoms with van der Waals surface area (Å²) in [6, 6.07) is 14.5. The molecule has 0 radical (unpaired) electrons. The van der Waals surface area contributed by atoms with Crippen molar-refractivity contribution in [3.8, 4) is 0 Å². The number of amides is 4. The minimum atomic E-state index is -0.254. The van der Waals surface area contributed by atoms with E-state index in [2.05, 4.69) is 20.9 Å². The Morgan fingerprint density at radius 1 is 0.871 bits per heavy atom. The van der Waals surface area contributed by atoms with Gasteiger partial charge in [0, 0.05) is 47.7 Å². The third kappa shape index (κ3) is 5.53. The third-order valence-electron chi connectivity index (χ3n) is 5.68. The Bertz CT molecular complexity index is 963. The van der Waals surface area contributed by atoms with Crippen LogP contribution in [0.25, 0.3) is 0 Å². The first kappa shape index (κ1) is 20.7. The van der Waals surface area contributed by atoms with Gasteiger partial charge in [0.05, 0.1) is 0 Å². The van der Waals surface area contributed by atoms with Crippen molar-refractivity contribution in [2.24, 2.45) is 11.7 Å². The van der Waals surface area contributed by atoms with Crippen molar-refractivity contribution >= 4 is 34.9 Å². The maximum atomic E-state index is 12.6. The molecule has 4 amide bonds. The zero-order valence-electron chi connectivity index (χ0n) is 17.3. The number of hydrogen-bond acceptors (Lipinski definition) is 4. The van der Waals surface area contributed by atoms with E-state index in [0.29, 0.717) is 16.9 Å². The van der Waals surface area contributed by atoms with Crippen molar-refractivity contribution in [1.29, 1.82) is 0 Å². The van der Waals surface area contributed by atoms with Crippen molar-refractivity contribution in [1.82, 2.24) is 5.32 Å². The van der Waals surface area contributed by atoms with Crippen LogP contribution in [0.2, 0.25) is 0 Å². The average Bonchev–Trinajstić information content (AvgIpc) is 3.58. The molecule has 31 heavy (non-hydrogen) atoms. The summed E-state index contributed by atoms with van der Waals surface area (Å²) in [5.41, 5.74) is 8.16. The van der Waals surface area contributed by atoms with Gasteiger partial charge in [0.1, 0.15) is 0 Å². The predicted octanol–water partition coefficient (Wildman–Crippen LogP) is 2.92. The number of carbonyl (C=O) groups excluding carboxylic acids is 3. The smallest absolute Gasteiger partial charge is 0.319 e. The summed E-state index contributed by atoms with van der Waals surface area (Å²) in [7, 11) is 0. The molecule has 0 unspecified atom stereocenters. The van der Waals surface area contributed by atoms with E-state index < -0.39 is 0 Å². The predicted molar refractivity (Wildman–Crippen MR) is 120 cm³/mol. The van der Waals surface area contributed by atoms with Crippen molar-refractivity contribution in [3.05, 3.63) is 54.1 Å². The maximum Gasteiger partial charge on any atom is 0.319 e. The molecule has 1 saturated carbocycles. The van der Waals surface area contributed by atoms with Crippen LogP contribution in [0, 0.1) is 5.92 Å². The lowest BCUT2D eigenvalue weighted by atomic mass is 9.96. The SMILES string of the molecule is NC(=O)C1CCN(c2ccc(NC(=O)c3cccc(NC(=O)NC4CC4)c3)cc2)CC1.